The molecule has 1 aliphatic heterocycles. The van der Waals surface area contributed by atoms with Crippen LogP contribution in [0.5, 0.6) is 0 Å². The summed E-state index contributed by atoms with van der Waals surface area (Å²) in [4.78, 5) is 22.7. The maximum absolute atomic E-state index is 11.1. The lowest BCUT2D eigenvalue weighted by atomic mass is 9.98. The molecule has 0 unspecified atom stereocenters. The largest absolute Gasteiger partial charge is 0.490 e. The molecule has 1 fully saturated rings. The molecule has 2 aromatic rings. The number of ether oxygens (including phenoxy) is 1. The number of rotatable bonds is 4. The van der Waals surface area contributed by atoms with Crippen LogP contribution in [0, 0.1) is 0 Å². The maximum Gasteiger partial charge on any atom is 0.490 e. The number of aryl methyl sites for hydroxylation is 1. The van der Waals surface area contributed by atoms with Crippen LogP contribution >= 0.6 is 0 Å². The van der Waals surface area contributed by atoms with Gasteiger partial charge in [-0.1, -0.05) is 6.07 Å². The first-order chi connectivity index (χ1) is 13.2. The molecule has 3 N–H and O–H groups in total. The van der Waals surface area contributed by atoms with Crippen molar-refractivity contribution in [1.82, 2.24) is 20.1 Å². The Kier molecular flexibility index (Phi) is 7.35. The van der Waals surface area contributed by atoms with Gasteiger partial charge in [0.1, 0.15) is 6.10 Å². The molecule has 1 aliphatic rings. The highest BCUT2D eigenvalue weighted by atomic mass is 19.4. The number of aromatic nitrogens is 3. The number of nitrogens with one attached hydrogen (secondary N) is 2. The maximum atomic E-state index is 11.1. The molecular formula is C17H21F3N4O4. The highest BCUT2D eigenvalue weighted by Crippen LogP contribution is 2.28. The van der Waals surface area contributed by atoms with Crippen LogP contribution in [0.2, 0.25) is 0 Å². The third kappa shape index (κ3) is 6.50. The second-order valence-electron chi connectivity index (χ2n) is 6.23. The minimum atomic E-state index is -5.08. The quantitative estimate of drug-likeness (QED) is 0.719. The van der Waals surface area contributed by atoms with Crippen molar-refractivity contribution in [2.45, 2.75) is 37.7 Å². The molecule has 0 radical (unpaired) electrons. The summed E-state index contributed by atoms with van der Waals surface area (Å²) in [5.74, 6) is -2.76. The number of carboxylic acids is 1. The van der Waals surface area contributed by atoms with E-state index in [1.807, 2.05) is 25.5 Å². The van der Waals surface area contributed by atoms with Gasteiger partial charge in [0, 0.05) is 50.3 Å². The number of carboxylic acid groups (broad SMARTS) is 1. The number of pyridine rings is 1. The Hall–Kier alpha value is -2.66. The van der Waals surface area contributed by atoms with E-state index < -0.39 is 12.1 Å². The SMILES string of the molecule is Cn1cc([C@@H]2OCCC[C@H]2NCc2ccc(=O)[nH]c2)cn1.O=C(O)C(F)(F)F. The zero-order valence-corrected chi connectivity index (χ0v) is 15.1. The zero-order valence-electron chi connectivity index (χ0n) is 15.1. The molecule has 0 bridgehead atoms. The second-order valence-corrected chi connectivity index (χ2v) is 6.23. The van der Waals surface area contributed by atoms with Gasteiger partial charge >= 0.3 is 12.1 Å². The van der Waals surface area contributed by atoms with E-state index in [0.29, 0.717) is 6.54 Å². The standard InChI is InChI=1S/C15H20N4O2.C2HF3O2/c1-19-10-12(9-18-19)15-13(3-2-6-21-15)16-7-11-4-5-14(20)17-8-11;3-2(4,5)1(6)7/h4-5,8-10,13,15-16H,2-3,6-7H2,1H3,(H,17,20);(H,6,7)/t13-,15+;/m1./s1. The van der Waals surface area contributed by atoms with E-state index in [2.05, 4.69) is 15.4 Å². The van der Waals surface area contributed by atoms with Gasteiger partial charge in [0.15, 0.2) is 0 Å². The Bertz CT molecular complexity index is 814. The number of hydrogen-bond donors (Lipinski definition) is 3. The molecular weight excluding hydrogens is 381 g/mol. The third-order valence-corrected chi connectivity index (χ3v) is 4.04. The average Bonchev–Trinajstić information content (AvgIpc) is 3.07. The first-order valence-electron chi connectivity index (χ1n) is 8.48. The molecule has 0 aromatic carbocycles. The van der Waals surface area contributed by atoms with Gasteiger partial charge in [-0.25, -0.2) is 4.79 Å². The third-order valence-electron chi connectivity index (χ3n) is 4.04. The predicted octanol–water partition coefficient (Wildman–Crippen LogP) is 1.75. The Morgan fingerprint density at radius 1 is 1.46 bits per heavy atom. The summed E-state index contributed by atoms with van der Waals surface area (Å²) in [6.07, 6.45) is 2.70. The predicted molar refractivity (Wildman–Crippen MR) is 92.5 cm³/mol. The number of alkyl halides is 3. The molecule has 0 aliphatic carbocycles. The number of aliphatic carboxylic acids is 1. The van der Waals surface area contributed by atoms with Crippen molar-refractivity contribution in [3.8, 4) is 0 Å². The van der Waals surface area contributed by atoms with Gasteiger partial charge < -0.3 is 20.1 Å². The molecule has 0 saturated carbocycles. The smallest absolute Gasteiger partial charge is 0.475 e. The van der Waals surface area contributed by atoms with Crippen molar-refractivity contribution in [2.24, 2.45) is 7.05 Å². The molecule has 0 spiro atoms. The lowest BCUT2D eigenvalue weighted by molar-refractivity contribution is -0.192. The van der Waals surface area contributed by atoms with Gasteiger partial charge in [-0.15, -0.1) is 0 Å². The van der Waals surface area contributed by atoms with E-state index >= 15 is 0 Å². The molecule has 1 saturated heterocycles. The van der Waals surface area contributed by atoms with Crippen molar-refractivity contribution < 1.29 is 27.8 Å². The normalized spacial score (nSPS) is 19.6. The Morgan fingerprint density at radius 3 is 2.71 bits per heavy atom. The Morgan fingerprint density at radius 2 is 2.18 bits per heavy atom. The van der Waals surface area contributed by atoms with Gasteiger partial charge in [-0.05, 0) is 18.4 Å². The summed E-state index contributed by atoms with van der Waals surface area (Å²) in [5, 5.41) is 14.9. The fraction of sp³-hybridized carbons (Fsp3) is 0.471. The van der Waals surface area contributed by atoms with Crippen LogP contribution < -0.4 is 10.9 Å². The van der Waals surface area contributed by atoms with Crippen LogP contribution in [0.25, 0.3) is 0 Å². The molecule has 28 heavy (non-hydrogen) atoms. The highest BCUT2D eigenvalue weighted by Gasteiger charge is 2.38. The number of halogens is 3. The Balaban J connectivity index is 0.000000345. The van der Waals surface area contributed by atoms with Gasteiger partial charge in [-0.3, -0.25) is 9.48 Å². The van der Waals surface area contributed by atoms with Crippen molar-refractivity contribution in [3.05, 3.63) is 52.2 Å². The number of nitrogens with zero attached hydrogens (tertiary/aromatic N) is 2. The first-order valence-corrected chi connectivity index (χ1v) is 8.48. The Labute approximate surface area is 158 Å². The second kappa shape index (κ2) is 9.51. The molecule has 0 amide bonds. The van der Waals surface area contributed by atoms with Crippen molar-refractivity contribution in [3.63, 3.8) is 0 Å². The molecule has 2 aromatic heterocycles. The number of H-pyrrole nitrogens is 1. The summed E-state index contributed by atoms with van der Waals surface area (Å²) in [5.41, 5.74) is 2.09. The molecule has 2 atom stereocenters. The van der Waals surface area contributed by atoms with Crippen LogP contribution in [-0.4, -0.2) is 44.7 Å². The number of carbonyl (C=O) groups is 1. The van der Waals surface area contributed by atoms with Gasteiger partial charge in [0.05, 0.1) is 6.20 Å². The lowest BCUT2D eigenvalue weighted by Crippen LogP contribution is -2.39. The zero-order chi connectivity index (χ0) is 20.7. The summed E-state index contributed by atoms with van der Waals surface area (Å²) in [6.45, 7) is 1.50. The molecule has 3 heterocycles. The molecule has 11 heteroatoms. The topological polar surface area (TPSA) is 109 Å². The average molecular weight is 402 g/mol. The van der Waals surface area contributed by atoms with E-state index in [-0.39, 0.29) is 17.7 Å². The van der Waals surface area contributed by atoms with Crippen LogP contribution in [0.15, 0.2) is 35.5 Å². The van der Waals surface area contributed by atoms with Crippen LogP contribution in [-0.2, 0) is 23.1 Å². The first kappa shape index (κ1) is 21.6. The molecule has 3 rings (SSSR count). The summed E-state index contributed by atoms with van der Waals surface area (Å²) in [6, 6.07) is 3.65. The number of hydrogen-bond acceptors (Lipinski definition) is 5. The molecule has 154 valence electrons. The lowest BCUT2D eigenvalue weighted by Gasteiger charge is -2.32. The van der Waals surface area contributed by atoms with E-state index in [1.165, 1.54) is 0 Å². The van der Waals surface area contributed by atoms with Crippen molar-refractivity contribution >= 4 is 5.97 Å². The van der Waals surface area contributed by atoms with Crippen LogP contribution in [0.3, 0.4) is 0 Å². The van der Waals surface area contributed by atoms with Crippen LogP contribution in [0.4, 0.5) is 13.2 Å². The van der Waals surface area contributed by atoms with E-state index in [4.69, 9.17) is 14.6 Å². The van der Waals surface area contributed by atoms with E-state index in [0.717, 1.165) is 30.6 Å². The molecule has 8 nitrogen and oxygen atoms in total. The van der Waals surface area contributed by atoms with Gasteiger partial charge in [-0.2, -0.15) is 18.3 Å². The minimum absolute atomic E-state index is 0.0372. The van der Waals surface area contributed by atoms with Gasteiger partial charge in [0.2, 0.25) is 5.56 Å². The van der Waals surface area contributed by atoms with Gasteiger partial charge in [0.25, 0.3) is 0 Å². The van der Waals surface area contributed by atoms with Crippen molar-refractivity contribution in [2.75, 3.05) is 6.61 Å². The van der Waals surface area contributed by atoms with Crippen LogP contribution in [0.1, 0.15) is 30.1 Å². The fourth-order valence-corrected chi connectivity index (χ4v) is 2.71. The fourth-order valence-electron chi connectivity index (χ4n) is 2.71. The summed E-state index contributed by atoms with van der Waals surface area (Å²) in [7, 11) is 1.91. The highest BCUT2D eigenvalue weighted by molar-refractivity contribution is 5.73. The van der Waals surface area contributed by atoms with E-state index in [1.54, 1.807) is 16.9 Å². The minimum Gasteiger partial charge on any atom is -0.475 e. The summed E-state index contributed by atoms with van der Waals surface area (Å²) < 4.78 is 39.5. The number of aromatic amines is 1. The van der Waals surface area contributed by atoms with Crippen molar-refractivity contribution in [1.29, 1.82) is 0 Å². The van der Waals surface area contributed by atoms with E-state index in [9.17, 15) is 18.0 Å². The summed E-state index contributed by atoms with van der Waals surface area (Å²) >= 11 is 0. The monoisotopic (exact) mass is 402 g/mol.